The molecule has 4 aromatic carbocycles. The van der Waals surface area contributed by atoms with Gasteiger partial charge in [0.1, 0.15) is 0 Å². The van der Waals surface area contributed by atoms with Crippen molar-refractivity contribution in [2.24, 2.45) is 0 Å². The minimum atomic E-state index is 0. The maximum absolute atomic E-state index is 4.49. The number of nitrogens with zero attached hydrogens (tertiary/aromatic N) is 2. The Balaban J connectivity index is 0.000000155. The van der Waals surface area contributed by atoms with Gasteiger partial charge in [0, 0.05) is 23.8 Å². The van der Waals surface area contributed by atoms with Crippen molar-refractivity contribution in [3.63, 3.8) is 0 Å². The molecule has 0 bridgehead atoms. The molecule has 2 unspecified atom stereocenters. The Morgan fingerprint density at radius 2 is 0.889 bits per heavy atom. The van der Waals surface area contributed by atoms with Gasteiger partial charge < -0.3 is 0 Å². The summed E-state index contributed by atoms with van der Waals surface area (Å²) < 4.78 is 0. The third-order valence-electron chi connectivity index (χ3n) is 8.38. The van der Waals surface area contributed by atoms with Gasteiger partial charge in [-0.3, -0.25) is 22.1 Å². The zero-order valence-electron chi connectivity index (χ0n) is 25.4. The van der Waals surface area contributed by atoms with E-state index >= 15 is 0 Å². The molecule has 0 N–H and O–H groups in total. The normalized spacial score (nSPS) is 15.4. The van der Waals surface area contributed by atoms with E-state index in [2.05, 4.69) is 145 Å². The number of fused-ring (bicyclic) bond motifs is 2. The van der Waals surface area contributed by atoms with Crippen molar-refractivity contribution in [2.45, 2.75) is 25.7 Å². The van der Waals surface area contributed by atoms with Gasteiger partial charge in [0.15, 0.2) is 0 Å². The van der Waals surface area contributed by atoms with Crippen LogP contribution in [0.3, 0.4) is 0 Å². The van der Waals surface area contributed by atoms with Gasteiger partial charge in [0.25, 0.3) is 0 Å². The zero-order valence-corrected chi connectivity index (χ0v) is 27.9. The molecule has 0 fully saturated rings. The Morgan fingerprint density at radius 1 is 0.467 bits per heavy atom. The van der Waals surface area contributed by atoms with E-state index in [9.17, 15) is 0 Å². The second-order valence-electron chi connectivity index (χ2n) is 11.3. The molecule has 0 saturated heterocycles. The van der Waals surface area contributed by atoms with Crippen LogP contribution in [0.4, 0.5) is 0 Å². The van der Waals surface area contributed by atoms with Gasteiger partial charge in [-0.25, -0.2) is 12.2 Å². The summed E-state index contributed by atoms with van der Waals surface area (Å²) in [4.78, 5) is 8.98. The summed E-state index contributed by atoms with van der Waals surface area (Å²) in [6, 6.07) is 42.5. The molecule has 8 rings (SSSR count). The van der Waals surface area contributed by atoms with Gasteiger partial charge in [-0.15, -0.1) is 11.1 Å². The molecule has 0 radical (unpaired) electrons. The van der Waals surface area contributed by atoms with E-state index in [1.807, 2.05) is 36.7 Å². The van der Waals surface area contributed by atoms with E-state index < -0.39 is 0 Å². The Bertz CT molecular complexity index is 1810. The molecule has 3 heteroatoms. The summed E-state index contributed by atoms with van der Waals surface area (Å²) in [5.74, 6) is 0.281. The molecule has 2 aromatic heterocycles. The summed E-state index contributed by atoms with van der Waals surface area (Å²) in [5, 5.41) is 0. The molecular weight excluding hydrogens is 624 g/mol. The number of allylic oxidation sites excluding steroid dienone is 2. The molecule has 0 spiro atoms. The van der Waals surface area contributed by atoms with E-state index in [1.165, 1.54) is 55.6 Å². The molecule has 2 aliphatic carbocycles. The van der Waals surface area contributed by atoms with Gasteiger partial charge in [-0.05, 0) is 61.1 Å². The van der Waals surface area contributed by atoms with Crippen LogP contribution in [0.25, 0.3) is 34.4 Å². The van der Waals surface area contributed by atoms with Crippen LogP contribution in [-0.4, -0.2) is 9.97 Å². The number of hydrogen-bond donors (Lipinski definition) is 0. The second-order valence-corrected chi connectivity index (χ2v) is 11.3. The van der Waals surface area contributed by atoms with Crippen LogP contribution in [0.15, 0.2) is 134 Å². The molecule has 6 aromatic rings. The van der Waals surface area contributed by atoms with E-state index in [0.717, 1.165) is 11.4 Å². The van der Waals surface area contributed by atoms with Gasteiger partial charge in [0.05, 0.1) is 0 Å². The Kier molecular flexibility index (Phi) is 9.29. The maximum Gasteiger partial charge on any atom is 2.00 e. The van der Waals surface area contributed by atoms with Gasteiger partial charge in [-0.1, -0.05) is 119 Å². The van der Waals surface area contributed by atoms with Crippen LogP contribution in [0, 0.1) is 26.0 Å². The first-order valence-corrected chi connectivity index (χ1v) is 15.1. The van der Waals surface area contributed by atoms with E-state index in [0.29, 0.717) is 0 Å². The quantitative estimate of drug-likeness (QED) is 0.177. The summed E-state index contributed by atoms with van der Waals surface area (Å²) in [7, 11) is 0. The zero-order chi connectivity index (χ0) is 29.9. The predicted octanol–water partition coefficient (Wildman–Crippen LogP) is 10.0. The van der Waals surface area contributed by atoms with Crippen molar-refractivity contribution in [3.05, 3.63) is 191 Å². The van der Waals surface area contributed by atoms with Crippen molar-refractivity contribution in [1.29, 1.82) is 0 Å². The molecule has 0 amide bonds. The third-order valence-corrected chi connectivity index (χ3v) is 8.38. The first kappa shape index (κ1) is 30.6. The monoisotopic (exact) mass is 654 g/mol. The fraction of sp³-hybridized carbons (Fsp3) is 0.0952. The van der Waals surface area contributed by atoms with Gasteiger partial charge in [-0.2, -0.15) is 11.1 Å². The molecule has 0 aliphatic heterocycles. The van der Waals surface area contributed by atoms with Gasteiger partial charge >= 0.3 is 26.2 Å². The van der Waals surface area contributed by atoms with Crippen molar-refractivity contribution in [3.8, 4) is 22.3 Å². The Hall–Kier alpha value is -4.46. The summed E-state index contributed by atoms with van der Waals surface area (Å²) in [6.07, 6.45) is 14.9. The molecule has 2 aliphatic rings. The van der Waals surface area contributed by atoms with E-state index in [1.54, 1.807) is 0 Å². The fourth-order valence-corrected chi connectivity index (χ4v) is 6.06. The SMILES string of the molecule is Cc1ccc(-c2cccc3c2C=[C-]C3c2ccccn2)cc1.Cc1ccc(-c2cccc3c2C=[C-]C3c2ccccn2)cc1.[Zr+2]. The maximum atomic E-state index is 4.49. The molecule has 45 heavy (non-hydrogen) atoms. The van der Waals surface area contributed by atoms with E-state index in [-0.39, 0.29) is 38.0 Å². The number of aromatic nitrogens is 2. The van der Waals surface area contributed by atoms with Crippen LogP contribution >= 0.6 is 0 Å². The van der Waals surface area contributed by atoms with Crippen LogP contribution in [0.5, 0.6) is 0 Å². The summed E-state index contributed by atoms with van der Waals surface area (Å²) in [6.45, 7) is 4.23. The fourth-order valence-electron chi connectivity index (χ4n) is 6.06. The topological polar surface area (TPSA) is 25.8 Å². The number of benzene rings is 4. The summed E-state index contributed by atoms with van der Waals surface area (Å²) in [5.41, 5.74) is 14.8. The number of pyridine rings is 2. The summed E-state index contributed by atoms with van der Waals surface area (Å²) >= 11 is 0. The molecule has 0 saturated carbocycles. The first-order valence-electron chi connectivity index (χ1n) is 15.1. The molecule has 214 valence electrons. The smallest absolute Gasteiger partial charge is 0.262 e. The minimum Gasteiger partial charge on any atom is -0.262 e. The van der Waals surface area contributed by atoms with Crippen LogP contribution in [0.1, 0.15) is 56.6 Å². The largest absolute Gasteiger partial charge is 2.00 e. The average molecular weight is 656 g/mol. The first-order chi connectivity index (χ1) is 21.7. The average Bonchev–Trinajstić information content (AvgIpc) is 3.72. The van der Waals surface area contributed by atoms with Crippen molar-refractivity contribution in [1.82, 2.24) is 9.97 Å². The molecular formula is C42H32N2Zr. The minimum absolute atomic E-state index is 0. The Labute approximate surface area is 285 Å². The number of hydrogen-bond acceptors (Lipinski definition) is 2. The standard InChI is InChI=1S/2C21H16N.Zr/c2*1-15-8-10-16(11-9-15)17-5-4-6-18-19(17)12-13-20(18)21-7-2-3-14-22-21;/h2*2-12,14,20H,1H3;/q2*-1;+2. The van der Waals surface area contributed by atoms with E-state index in [4.69, 9.17) is 0 Å². The van der Waals surface area contributed by atoms with Crippen molar-refractivity contribution >= 4 is 12.2 Å². The van der Waals surface area contributed by atoms with Crippen molar-refractivity contribution < 1.29 is 26.2 Å². The Morgan fingerprint density at radius 3 is 1.27 bits per heavy atom. The molecule has 2 heterocycles. The van der Waals surface area contributed by atoms with Crippen LogP contribution in [-0.2, 0) is 26.2 Å². The number of rotatable bonds is 4. The molecule has 2 nitrogen and oxygen atoms in total. The third kappa shape index (κ3) is 6.37. The predicted molar refractivity (Wildman–Crippen MR) is 181 cm³/mol. The van der Waals surface area contributed by atoms with Gasteiger partial charge in [0.2, 0.25) is 0 Å². The number of aryl methyl sites for hydroxylation is 2. The van der Waals surface area contributed by atoms with Crippen LogP contribution < -0.4 is 0 Å². The van der Waals surface area contributed by atoms with Crippen LogP contribution in [0.2, 0.25) is 0 Å². The van der Waals surface area contributed by atoms with Crippen molar-refractivity contribution in [2.75, 3.05) is 0 Å². The second kappa shape index (κ2) is 13.7. The molecule has 2 atom stereocenters.